The summed E-state index contributed by atoms with van der Waals surface area (Å²) in [6.45, 7) is 6.08. The van der Waals surface area contributed by atoms with Crippen LogP contribution < -0.4 is 5.32 Å². The lowest BCUT2D eigenvalue weighted by Gasteiger charge is -2.35. The van der Waals surface area contributed by atoms with Gasteiger partial charge < -0.3 is 15.0 Å². The lowest BCUT2D eigenvalue weighted by atomic mass is 10.0. The van der Waals surface area contributed by atoms with E-state index in [4.69, 9.17) is 21.3 Å². The van der Waals surface area contributed by atoms with Gasteiger partial charge in [0.25, 0.3) is 0 Å². The van der Waals surface area contributed by atoms with E-state index in [1.165, 1.54) is 10.5 Å². The van der Waals surface area contributed by atoms with Gasteiger partial charge in [0.05, 0.1) is 16.4 Å². The first-order chi connectivity index (χ1) is 15.7. The first-order valence-corrected chi connectivity index (χ1v) is 11.5. The Morgan fingerprint density at radius 3 is 2.79 bits per heavy atom. The SMILES string of the molecule is CC(C)(C)OC(=O)N1CCNC(=O)C1c1cccc(-c2cnc3[nH]cc(C4CC4)c3c2Cl)n1. The fraction of sp³-hybridized carbons (Fsp3) is 0.417. The predicted molar refractivity (Wildman–Crippen MR) is 125 cm³/mol. The van der Waals surface area contributed by atoms with Crippen LogP contribution in [0.3, 0.4) is 0 Å². The monoisotopic (exact) mass is 467 g/mol. The summed E-state index contributed by atoms with van der Waals surface area (Å²) in [5.41, 5.74) is 3.00. The highest BCUT2D eigenvalue weighted by Crippen LogP contribution is 2.46. The molecule has 1 saturated heterocycles. The van der Waals surface area contributed by atoms with Gasteiger partial charge in [0.15, 0.2) is 6.04 Å². The molecule has 9 heteroatoms. The average Bonchev–Trinajstić information content (AvgIpc) is 3.51. The molecule has 1 unspecified atom stereocenters. The number of halogens is 1. The number of piperazine rings is 1. The van der Waals surface area contributed by atoms with Crippen molar-refractivity contribution >= 4 is 34.6 Å². The number of rotatable bonds is 3. The summed E-state index contributed by atoms with van der Waals surface area (Å²) in [7, 11) is 0. The maximum Gasteiger partial charge on any atom is 0.411 e. The van der Waals surface area contributed by atoms with Crippen LogP contribution in [0.4, 0.5) is 4.79 Å². The van der Waals surface area contributed by atoms with Crippen LogP contribution in [0, 0.1) is 0 Å². The number of ether oxygens (including phenoxy) is 1. The molecule has 1 aliphatic heterocycles. The third-order valence-corrected chi connectivity index (χ3v) is 6.25. The Kier molecular flexibility index (Phi) is 5.28. The van der Waals surface area contributed by atoms with Crippen molar-refractivity contribution in [2.24, 2.45) is 0 Å². The van der Waals surface area contributed by atoms with Gasteiger partial charge >= 0.3 is 6.09 Å². The molecule has 0 spiro atoms. The number of hydrogen-bond acceptors (Lipinski definition) is 5. The Morgan fingerprint density at radius 1 is 1.27 bits per heavy atom. The fourth-order valence-corrected chi connectivity index (χ4v) is 4.55. The summed E-state index contributed by atoms with van der Waals surface area (Å²) < 4.78 is 5.54. The van der Waals surface area contributed by atoms with E-state index in [9.17, 15) is 9.59 Å². The second-order valence-electron chi connectivity index (χ2n) is 9.54. The third kappa shape index (κ3) is 4.15. The smallest absolute Gasteiger partial charge is 0.411 e. The number of H-pyrrole nitrogens is 1. The van der Waals surface area contributed by atoms with Gasteiger partial charge in [-0.15, -0.1) is 0 Å². The fourth-order valence-electron chi connectivity index (χ4n) is 4.21. The van der Waals surface area contributed by atoms with Gasteiger partial charge in [-0.05, 0) is 57.2 Å². The number of nitrogens with zero attached hydrogens (tertiary/aromatic N) is 3. The van der Waals surface area contributed by atoms with Crippen LogP contribution in [-0.2, 0) is 9.53 Å². The van der Waals surface area contributed by atoms with Gasteiger partial charge in [-0.25, -0.2) is 14.8 Å². The molecule has 1 aliphatic carbocycles. The molecule has 2 fully saturated rings. The Morgan fingerprint density at radius 2 is 2.06 bits per heavy atom. The van der Waals surface area contributed by atoms with Crippen molar-refractivity contribution in [3.63, 3.8) is 0 Å². The highest BCUT2D eigenvalue weighted by Gasteiger charge is 2.38. The van der Waals surface area contributed by atoms with E-state index < -0.39 is 17.7 Å². The summed E-state index contributed by atoms with van der Waals surface area (Å²) in [5, 5.41) is 4.34. The lowest BCUT2D eigenvalue weighted by Crippen LogP contribution is -2.53. The van der Waals surface area contributed by atoms with Crippen LogP contribution in [0.5, 0.6) is 0 Å². The number of carbonyl (C=O) groups excluding carboxylic acids is 2. The summed E-state index contributed by atoms with van der Waals surface area (Å²) in [5.74, 6) is 0.221. The molecule has 2 aliphatic rings. The number of carbonyl (C=O) groups is 2. The molecular formula is C24H26ClN5O3. The maximum absolute atomic E-state index is 12.8. The molecule has 3 aromatic rings. The zero-order valence-corrected chi connectivity index (χ0v) is 19.6. The molecule has 0 radical (unpaired) electrons. The van der Waals surface area contributed by atoms with E-state index in [-0.39, 0.29) is 5.91 Å². The normalized spacial score (nSPS) is 19.0. The van der Waals surface area contributed by atoms with E-state index in [2.05, 4.69) is 15.3 Å². The maximum atomic E-state index is 12.8. The van der Waals surface area contributed by atoms with E-state index in [0.717, 1.165) is 23.9 Å². The molecule has 2 amide bonds. The molecule has 33 heavy (non-hydrogen) atoms. The number of aromatic amines is 1. The Hall–Kier alpha value is -3.13. The molecule has 2 N–H and O–H groups in total. The van der Waals surface area contributed by atoms with Crippen molar-refractivity contribution in [1.82, 2.24) is 25.2 Å². The Balaban J connectivity index is 1.53. The first-order valence-electron chi connectivity index (χ1n) is 11.1. The topological polar surface area (TPSA) is 100 Å². The van der Waals surface area contributed by atoms with Crippen LogP contribution in [0.25, 0.3) is 22.3 Å². The molecule has 1 atom stereocenters. The zero-order chi connectivity index (χ0) is 23.3. The molecule has 5 rings (SSSR count). The standard InChI is InChI=1S/C24H26ClN5O3/c1-24(2,3)33-23(32)30-10-9-26-22(31)20(30)17-6-4-5-16(29-17)15-12-28-21-18(19(15)25)14(11-27-21)13-7-8-13/h4-6,11-13,20H,7-10H2,1-3H3,(H,26,31)(H,27,28). The van der Waals surface area contributed by atoms with E-state index in [0.29, 0.717) is 41.0 Å². The minimum Gasteiger partial charge on any atom is -0.444 e. The summed E-state index contributed by atoms with van der Waals surface area (Å²) in [6, 6.07) is 4.49. The van der Waals surface area contributed by atoms with Crippen molar-refractivity contribution < 1.29 is 14.3 Å². The summed E-state index contributed by atoms with van der Waals surface area (Å²) >= 11 is 6.85. The lowest BCUT2D eigenvalue weighted by molar-refractivity contribution is -0.129. The van der Waals surface area contributed by atoms with E-state index in [1.54, 1.807) is 33.0 Å². The van der Waals surface area contributed by atoms with Crippen molar-refractivity contribution in [2.75, 3.05) is 13.1 Å². The number of pyridine rings is 2. The van der Waals surface area contributed by atoms with Crippen molar-refractivity contribution in [1.29, 1.82) is 0 Å². The molecule has 8 nitrogen and oxygen atoms in total. The Bertz CT molecular complexity index is 1240. The number of aromatic nitrogens is 3. The van der Waals surface area contributed by atoms with Gasteiger partial charge in [0.2, 0.25) is 5.91 Å². The van der Waals surface area contributed by atoms with Crippen molar-refractivity contribution in [3.05, 3.63) is 46.9 Å². The van der Waals surface area contributed by atoms with Crippen LogP contribution in [0.2, 0.25) is 5.02 Å². The van der Waals surface area contributed by atoms with Gasteiger partial charge in [-0.1, -0.05) is 17.7 Å². The minimum atomic E-state index is -0.890. The van der Waals surface area contributed by atoms with Crippen LogP contribution in [-0.4, -0.2) is 50.5 Å². The summed E-state index contributed by atoms with van der Waals surface area (Å²) in [6.07, 6.45) is 5.44. The minimum absolute atomic E-state index is 0.293. The van der Waals surface area contributed by atoms with Gasteiger partial charge in [-0.3, -0.25) is 9.69 Å². The Labute approximate surface area is 196 Å². The molecule has 1 saturated carbocycles. The number of nitrogens with one attached hydrogen (secondary N) is 2. The van der Waals surface area contributed by atoms with Crippen molar-refractivity contribution in [3.8, 4) is 11.3 Å². The van der Waals surface area contributed by atoms with Crippen LogP contribution >= 0.6 is 11.6 Å². The number of hydrogen-bond donors (Lipinski definition) is 2. The quantitative estimate of drug-likeness (QED) is 0.588. The molecule has 0 bridgehead atoms. The van der Waals surface area contributed by atoms with E-state index >= 15 is 0 Å². The predicted octanol–water partition coefficient (Wildman–Crippen LogP) is 4.56. The van der Waals surface area contributed by atoms with Crippen LogP contribution in [0.15, 0.2) is 30.6 Å². The average molecular weight is 468 g/mol. The number of fused-ring (bicyclic) bond motifs is 1. The van der Waals surface area contributed by atoms with Gasteiger partial charge in [0, 0.05) is 36.4 Å². The first kappa shape index (κ1) is 21.7. The van der Waals surface area contributed by atoms with Crippen LogP contribution in [0.1, 0.15) is 56.8 Å². The van der Waals surface area contributed by atoms with Gasteiger partial charge in [-0.2, -0.15) is 0 Å². The largest absolute Gasteiger partial charge is 0.444 e. The third-order valence-electron chi connectivity index (χ3n) is 5.85. The molecule has 172 valence electrons. The molecule has 4 heterocycles. The second-order valence-corrected chi connectivity index (χ2v) is 9.92. The van der Waals surface area contributed by atoms with Gasteiger partial charge in [0.1, 0.15) is 11.2 Å². The highest BCUT2D eigenvalue weighted by atomic mass is 35.5. The second kappa shape index (κ2) is 8.02. The molecule has 3 aromatic heterocycles. The van der Waals surface area contributed by atoms with Crippen molar-refractivity contribution in [2.45, 2.75) is 51.2 Å². The highest BCUT2D eigenvalue weighted by molar-refractivity contribution is 6.38. The van der Waals surface area contributed by atoms with E-state index in [1.807, 2.05) is 18.3 Å². The zero-order valence-electron chi connectivity index (χ0n) is 18.8. The summed E-state index contributed by atoms with van der Waals surface area (Å²) in [4.78, 5) is 39.6. The molecule has 0 aromatic carbocycles. The number of amides is 2. The molecular weight excluding hydrogens is 442 g/mol.